The average molecular weight is 358 g/mol. The first-order valence-corrected chi connectivity index (χ1v) is 9.77. The molecule has 3 nitrogen and oxygen atoms in total. The lowest BCUT2D eigenvalue weighted by atomic mass is 10.1. The van der Waals surface area contributed by atoms with Crippen LogP contribution in [0.1, 0.15) is 35.1 Å². The van der Waals surface area contributed by atoms with Crippen molar-refractivity contribution in [1.29, 1.82) is 5.41 Å². The fourth-order valence-corrected chi connectivity index (χ4v) is 3.78. The highest BCUT2D eigenvalue weighted by atomic mass is 15.2. The molecule has 1 aromatic heterocycles. The zero-order valence-corrected chi connectivity index (χ0v) is 16.2. The second-order valence-electron chi connectivity index (χ2n) is 7.54. The number of hydrogen-bond acceptors (Lipinski definition) is 1. The Labute approximate surface area is 160 Å². The largest absolute Gasteiger partial charge is 0.310 e. The van der Waals surface area contributed by atoms with Gasteiger partial charge in [0.2, 0.25) is 5.62 Å². The molecule has 0 unspecified atom stereocenters. The van der Waals surface area contributed by atoms with Gasteiger partial charge in [-0.2, -0.15) is 0 Å². The Balaban J connectivity index is 1.68. The van der Waals surface area contributed by atoms with Crippen LogP contribution in [0, 0.1) is 19.3 Å². The van der Waals surface area contributed by atoms with Gasteiger partial charge in [-0.25, -0.2) is 0 Å². The molecule has 0 saturated carbocycles. The number of aromatic nitrogens is 2. The normalized spacial score (nSPS) is 13.0. The summed E-state index contributed by atoms with van der Waals surface area (Å²) < 4.78 is 4.34. The first-order chi connectivity index (χ1) is 13.1. The number of nitrogens with zero attached hydrogens (tertiary/aromatic N) is 2. The molecule has 1 heterocycles. The number of nitrogens with one attached hydrogen (secondary N) is 1. The van der Waals surface area contributed by atoms with Crippen LogP contribution in [0.15, 0.2) is 48.5 Å². The summed E-state index contributed by atoms with van der Waals surface area (Å²) in [7, 11) is 0. The fraction of sp³-hybridized carbons (Fsp3) is 0.292. The van der Waals surface area contributed by atoms with E-state index in [2.05, 4.69) is 83.7 Å². The lowest BCUT2D eigenvalue weighted by molar-refractivity contribution is 0.597. The van der Waals surface area contributed by atoms with E-state index in [1.165, 1.54) is 33.0 Å². The smallest absolute Gasteiger partial charge is 0.203 e. The molecule has 27 heavy (non-hydrogen) atoms. The van der Waals surface area contributed by atoms with Gasteiger partial charge in [0.25, 0.3) is 0 Å². The molecule has 0 bridgehead atoms. The summed E-state index contributed by atoms with van der Waals surface area (Å²) in [6, 6.07) is 17.4. The lowest BCUT2D eigenvalue weighted by Crippen LogP contribution is -2.35. The highest BCUT2D eigenvalue weighted by Crippen LogP contribution is 2.06. The van der Waals surface area contributed by atoms with E-state index < -0.39 is 0 Å². The first-order valence-electron chi connectivity index (χ1n) is 9.77. The molecule has 3 aromatic rings. The van der Waals surface area contributed by atoms with Crippen molar-refractivity contribution >= 4 is 12.2 Å². The van der Waals surface area contributed by atoms with E-state index in [1.54, 1.807) is 0 Å². The first kappa shape index (κ1) is 17.6. The summed E-state index contributed by atoms with van der Waals surface area (Å²) in [4.78, 5) is 0. The average Bonchev–Trinajstić information content (AvgIpc) is 2.95. The van der Waals surface area contributed by atoms with Crippen LogP contribution in [-0.4, -0.2) is 9.13 Å². The van der Waals surface area contributed by atoms with Gasteiger partial charge in [0.1, 0.15) is 0 Å². The Morgan fingerprint density at radius 2 is 1.26 bits per heavy atom. The molecule has 4 rings (SSSR count). The lowest BCUT2D eigenvalue weighted by Gasteiger charge is -2.06. The van der Waals surface area contributed by atoms with Crippen LogP contribution in [0.2, 0.25) is 0 Å². The molecule has 0 atom stereocenters. The SMILES string of the molecule is Cc1ccc(CCn2c3c(n(Cc4ccc(C)cc4)c2=N)=CCCC=3)cc1. The van der Waals surface area contributed by atoms with Crippen molar-refractivity contribution in [3.63, 3.8) is 0 Å². The van der Waals surface area contributed by atoms with Crippen molar-refractivity contribution in [1.82, 2.24) is 9.13 Å². The molecule has 3 heteroatoms. The van der Waals surface area contributed by atoms with Crippen molar-refractivity contribution in [3.8, 4) is 0 Å². The number of fused-ring (bicyclic) bond motifs is 1. The Morgan fingerprint density at radius 1 is 0.741 bits per heavy atom. The van der Waals surface area contributed by atoms with Gasteiger partial charge in [0.05, 0.1) is 17.2 Å². The monoisotopic (exact) mass is 357 g/mol. The van der Waals surface area contributed by atoms with Gasteiger partial charge in [0, 0.05) is 6.54 Å². The van der Waals surface area contributed by atoms with E-state index in [1.807, 2.05) is 0 Å². The standard InChI is InChI=1S/C24H27N3/c1-18-7-11-20(12-8-18)15-16-26-22-5-3-4-6-23(22)27(24(26)25)17-21-13-9-19(2)10-14-21/h5-14,25H,3-4,15-17H2,1-2H3. The Hall–Kier alpha value is -2.81. The molecule has 0 radical (unpaired) electrons. The second kappa shape index (κ2) is 7.43. The third-order valence-corrected chi connectivity index (χ3v) is 5.40. The molecular formula is C24H27N3. The quantitative estimate of drug-likeness (QED) is 0.728. The number of imidazole rings is 1. The molecule has 0 fully saturated rings. The van der Waals surface area contributed by atoms with Crippen molar-refractivity contribution in [2.75, 3.05) is 0 Å². The van der Waals surface area contributed by atoms with Gasteiger partial charge in [-0.15, -0.1) is 0 Å². The van der Waals surface area contributed by atoms with Crippen molar-refractivity contribution < 1.29 is 0 Å². The number of benzene rings is 2. The zero-order valence-electron chi connectivity index (χ0n) is 16.2. The summed E-state index contributed by atoms with van der Waals surface area (Å²) in [6.45, 7) is 5.82. The predicted molar refractivity (Wildman–Crippen MR) is 111 cm³/mol. The van der Waals surface area contributed by atoms with Crippen LogP contribution in [0.25, 0.3) is 12.2 Å². The van der Waals surface area contributed by atoms with Crippen LogP contribution < -0.4 is 16.3 Å². The van der Waals surface area contributed by atoms with Crippen LogP contribution in [0.4, 0.5) is 0 Å². The highest BCUT2D eigenvalue weighted by Gasteiger charge is 2.10. The van der Waals surface area contributed by atoms with E-state index in [9.17, 15) is 0 Å². The number of hydrogen-bond donors (Lipinski definition) is 1. The number of aryl methyl sites for hydroxylation is 3. The van der Waals surface area contributed by atoms with Gasteiger partial charge in [-0.3, -0.25) is 5.41 Å². The van der Waals surface area contributed by atoms with Crippen molar-refractivity contribution in [2.24, 2.45) is 0 Å². The van der Waals surface area contributed by atoms with Crippen molar-refractivity contribution in [2.45, 2.75) is 46.2 Å². The summed E-state index contributed by atoms with van der Waals surface area (Å²) in [6.07, 6.45) is 7.66. The maximum atomic E-state index is 8.82. The Bertz CT molecular complexity index is 1110. The van der Waals surface area contributed by atoms with E-state index in [4.69, 9.17) is 5.41 Å². The molecule has 2 aromatic carbocycles. The fourth-order valence-electron chi connectivity index (χ4n) is 3.78. The molecule has 138 valence electrons. The van der Waals surface area contributed by atoms with Crippen LogP contribution in [0.5, 0.6) is 0 Å². The Morgan fingerprint density at radius 3 is 1.85 bits per heavy atom. The Kier molecular flexibility index (Phi) is 4.85. The second-order valence-corrected chi connectivity index (χ2v) is 7.54. The third kappa shape index (κ3) is 3.68. The van der Waals surface area contributed by atoms with Gasteiger partial charge in [0.15, 0.2) is 0 Å². The molecule has 1 N–H and O–H groups in total. The molecule has 1 aliphatic rings. The zero-order chi connectivity index (χ0) is 18.8. The maximum absolute atomic E-state index is 8.82. The summed E-state index contributed by atoms with van der Waals surface area (Å²) in [5.41, 5.74) is 5.73. The minimum atomic E-state index is 0.599. The highest BCUT2D eigenvalue weighted by molar-refractivity contribution is 5.34. The van der Waals surface area contributed by atoms with Gasteiger partial charge < -0.3 is 9.13 Å². The molecule has 0 aliphatic heterocycles. The third-order valence-electron chi connectivity index (χ3n) is 5.40. The van der Waals surface area contributed by atoms with Gasteiger partial charge in [-0.05, 0) is 44.2 Å². The maximum Gasteiger partial charge on any atom is 0.203 e. The van der Waals surface area contributed by atoms with E-state index in [-0.39, 0.29) is 0 Å². The minimum absolute atomic E-state index is 0.599. The van der Waals surface area contributed by atoms with E-state index in [0.29, 0.717) is 5.62 Å². The van der Waals surface area contributed by atoms with Crippen LogP contribution in [-0.2, 0) is 19.5 Å². The molecule has 0 amide bonds. The predicted octanol–water partition coefficient (Wildman–Crippen LogP) is 3.03. The molecule has 1 aliphatic carbocycles. The number of rotatable bonds is 5. The summed E-state index contributed by atoms with van der Waals surface area (Å²) in [5, 5.41) is 11.2. The van der Waals surface area contributed by atoms with Crippen LogP contribution in [0.3, 0.4) is 0 Å². The molecular weight excluding hydrogens is 330 g/mol. The molecule has 0 saturated heterocycles. The van der Waals surface area contributed by atoms with Gasteiger partial charge in [-0.1, -0.05) is 71.8 Å². The molecule has 0 spiro atoms. The summed E-state index contributed by atoms with van der Waals surface area (Å²) in [5.74, 6) is 0. The van der Waals surface area contributed by atoms with Crippen LogP contribution >= 0.6 is 0 Å². The van der Waals surface area contributed by atoms with Gasteiger partial charge >= 0.3 is 0 Å². The van der Waals surface area contributed by atoms with Crippen molar-refractivity contribution in [3.05, 3.63) is 87.1 Å². The minimum Gasteiger partial charge on any atom is -0.310 e. The van der Waals surface area contributed by atoms with E-state index >= 15 is 0 Å². The summed E-state index contributed by atoms with van der Waals surface area (Å²) >= 11 is 0. The van der Waals surface area contributed by atoms with E-state index in [0.717, 1.165) is 32.4 Å². The topological polar surface area (TPSA) is 33.7 Å².